The number of aliphatic carboxylic acids is 1. The maximum Gasteiger partial charge on any atom is 0.328 e. The highest BCUT2D eigenvalue weighted by Gasteiger charge is 1.91. The van der Waals surface area contributed by atoms with Crippen molar-refractivity contribution in [1.29, 1.82) is 0 Å². The average molecular weight is 196 g/mol. The van der Waals surface area contributed by atoms with Crippen LogP contribution in [0.1, 0.15) is 13.3 Å². The number of methoxy groups -OCH3 is 1. The standard InChI is InChI=1S/C11H16O3/c1-10(14-2)8-6-4-3-5-7-9-11(12)13/h3-7,9-10H,8H2,1-2H3,(H,12,13)/b5-3+,6-4+,9-7+. The Hall–Kier alpha value is -1.35. The van der Waals surface area contributed by atoms with Crippen LogP contribution in [0.4, 0.5) is 0 Å². The van der Waals surface area contributed by atoms with Gasteiger partial charge in [0.1, 0.15) is 0 Å². The van der Waals surface area contributed by atoms with Crippen molar-refractivity contribution >= 4 is 5.97 Å². The Morgan fingerprint density at radius 3 is 2.57 bits per heavy atom. The van der Waals surface area contributed by atoms with Crippen molar-refractivity contribution < 1.29 is 14.6 Å². The summed E-state index contributed by atoms with van der Waals surface area (Å²) in [6.45, 7) is 1.98. The minimum Gasteiger partial charge on any atom is -0.478 e. The van der Waals surface area contributed by atoms with Crippen LogP contribution in [-0.4, -0.2) is 24.3 Å². The van der Waals surface area contributed by atoms with Crippen LogP contribution >= 0.6 is 0 Å². The van der Waals surface area contributed by atoms with Gasteiger partial charge in [0, 0.05) is 13.2 Å². The van der Waals surface area contributed by atoms with Crippen molar-refractivity contribution in [3.63, 3.8) is 0 Å². The lowest BCUT2D eigenvalue weighted by Gasteiger charge is -2.03. The Kier molecular flexibility index (Phi) is 7.46. The molecule has 1 atom stereocenters. The molecule has 3 heteroatoms. The first-order valence-corrected chi connectivity index (χ1v) is 4.42. The monoisotopic (exact) mass is 196 g/mol. The largest absolute Gasteiger partial charge is 0.478 e. The molecule has 0 radical (unpaired) electrons. The van der Waals surface area contributed by atoms with Gasteiger partial charge in [-0.3, -0.25) is 0 Å². The SMILES string of the molecule is COC(C)C/C=C/C=C/C=C/C(=O)O. The van der Waals surface area contributed by atoms with Gasteiger partial charge in [-0.25, -0.2) is 4.79 Å². The third kappa shape index (κ3) is 8.74. The summed E-state index contributed by atoms with van der Waals surface area (Å²) in [6.07, 6.45) is 10.9. The van der Waals surface area contributed by atoms with Gasteiger partial charge in [0.25, 0.3) is 0 Å². The van der Waals surface area contributed by atoms with E-state index in [1.165, 1.54) is 6.08 Å². The highest BCUT2D eigenvalue weighted by atomic mass is 16.5. The molecule has 0 aliphatic carbocycles. The molecule has 1 unspecified atom stereocenters. The molecular formula is C11H16O3. The maximum absolute atomic E-state index is 10.1. The van der Waals surface area contributed by atoms with E-state index in [9.17, 15) is 4.79 Å². The van der Waals surface area contributed by atoms with E-state index < -0.39 is 5.97 Å². The molecule has 3 nitrogen and oxygen atoms in total. The Labute approximate surface area is 84.4 Å². The molecule has 78 valence electrons. The van der Waals surface area contributed by atoms with Crippen molar-refractivity contribution in [3.05, 3.63) is 36.5 Å². The van der Waals surface area contributed by atoms with Crippen LogP contribution in [0.25, 0.3) is 0 Å². The Bertz CT molecular complexity index is 239. The number of hydrogen-bond acceptors (Lipinski definition) is 2. The molecule has 0 heterocycles. The third-order valence-electron chi connectivity index (χ3n) is 1.58. The second-order valence-electron chi connectivity index (χ2n) is 2.79. The predicted octanol–water partition coefficient (Wildman–Crippen LogP) is 2.16. The maximum atomic E-state index is 10.1. The summed E-state index contributed by atoms with van der Waals surface area (Å²) >= 11 is 0. The Morgan fingerprint density at radius 2 is 2.00 bits per heavy atom. The van der Waals surface area contributed by atoms with E-state index in [-0.39, 0.29) is 6.10 Å². The smallest absolute Gasteiger partial charge is 0.328 e. The van der Waals surface area contributed by atoms with E-state index in [0.29, 0.717) is 0 Å². The number of carbonyl (C=O) groups is 1. The fourth-order valence-corrected chi connectivity index (χ4v) is 0.711. The quantitative estimate of drug-likeness (QED) is 0.523. The van der Waals surface area contributed by atoms with Gasteiger partial charge in [0.15, 0.2) is 0 Å². The first-order chi connectivity index (χ1) is 6.66. The predicted molar refractivity (Wildman–Crippen MR) is 56.1 cm³/mol. The molecule has 0 spiro atoms. The molecule has 0 aromatic rings. The average Bonchev–Trinajstić information content (AvgIpc) is 2.15. The number of hydrogen-bond donors (Lipinski definition) is 1. The van der Waals surface area contributed by atoms with Crippen LogP contribution in [0.5, 0.6) is 0 Å². The summed E-state index contributed by atoms with van der Waals surface area (Å²) in [5, 5.41) is 8.27. The highest BCUT2D eigenvalue weighted by Crippen LogP contribution is 1.96. The molecule has 0 rings (SSSR count). The number of rotatable bonds is 6. The number of carboxylic acids is 1. The highest BCUT2D eigenvalue weighted by molar-refractivity contribution is 5.80. The molecule has 0 fully saturated rings. The molecule has 0 aliphatic heterocycles. The van der Waals surface area contributed by atoms with Gasteiger partial charge in [-0.15, -0.1) is 0 Å². The molecule has 1 N–H and O–H groups in total. The van der Waals surface area contributed by atoms with Crippen molar-refractivity contribution in [1.82, 2.24) is 0 Å². The zero-order valence-electron chi connectivity index (χ0n) is 8.51. The van der Waals surface area contributed by atoms with E-state index in [4.69, 9.17) is 9.84 Å². The van der Waals surface area contributed by atoms with Crippen molar-refractivity contribution in [2.75, 3.05) is 7.11 Å². The van der Waals surface area contributed by atoms with E-state index >= 15 is 0 Å². The van der Waals surface area contributed by atoms with Gasteiger partial charge in [-0.1, -0.05) is 30.4 Å². The molecule has 0 saturated carbocycles. The molecule has 0 bridgehead atoms. The van der Waals surface area contributed by atoms with Crippen LogP contribution in [0, 0.1) is 0 Å². The number of ether oxygens (including phenoxy) is 1. The minimum atomic E-state index is -0.938. The fraction of sp³-hybridized carbons (Fsp3) is 0.364. The van der Waals surface area contributed by atoms with Crippen LogP contribution in [-0.2, 0) is 9.53 Å². The van der Waals surface area contributed by atoms with E-state index in [1.807, 2.05) is 19.1 Å². The van der Waals surface area contributed by atoms with E-state index in [2.05, 4.69) is 0 Å². The van der Waals surface area contributed by atoms with Crippen molar-refractivity contribution in [2.24, 2.45) is 0 Å². The van der Waals surface area contributed by atoms with Crippen LogP contribution < -0.4 is 0 Å². The summed E-state index contributed by atoms with van der Waals surface area (Å²) in [5.74, 6) is -0.938. The van der Waals surface area contributed by atoms with Gasteiger partial charge in [-0.2, -0.15) is 0 Å². The fourth-order valence-electron chi connectivity index (χ4n) is 0.711. The Morgan fingerprint density at radius 1 is 1.36 bits per heavy atom. The number of carboxylic acid groups (broad SMARTS) is 1. The summed E-state index contributed by atoms with van der Waals surface area (Å²) in [4.78, 5) is 10.1. The summed E-state index contributed by atoms with van der Waals surface area (Å²) < 4.78 is 5.04. The topological polar surface area (TPSA) is 46.5 Å². The molecule has 0 aliphatic rings. The second-order valence-corrected chi connectivity index (χ2v) is 2.79. The normalized spacial score (nSPS) is 14.4. The van der Waals surface area contributed by atoms with Gasteiger partial charge < -0.3 is 9.84 Å². The summed E-state index contributed by atoms with van der Waals surface area (Å²) in [7, 11) is 1.67. The van der Waals surface area contributed by atoms with Crippen LogP contribution in [0.15, 0.2) is 36.5 Å². The third-order valence-corrected chi connectivity index (χ3v) is 1.58. The molecule has 0 aromatic carbocycles. The number of allylic oxidation sites excluding steroid dienone is 4. The molecule has 0 saturated heterocycles. The lowest BCUT2D eigenvalue weighted by molar-refractivity contribution is -0.131. The van der Waals surface area contributed by atoms with Crippen LogP contribution in [0.2, 0.25) is 0 Å². The van der Waals surface area contributed by atoms with Crippen molar-refractivity contribution in [2.45, 2.75) is 19.4 Å². The van der Waals surface area contributed by atoms with Gasteiger partial charge >= 0.3 is 5.97 Å². The van der Waals surface area contributed by atoms with Gasteiger partial charge in [0.05, 0.1) is 6.10 Å². The lowest BCUT2D eigenvalue weighted by atomic mass is 10.2. The Balaban J connectivity index is 3.66. The zero-order chi connectivity index (χ0) is 10.8. The summed E-state index contributed by atoms with van der Waals surface area (Å²) in [6, 6.07) is 0. The van der Waals surface area contributed by atoms with Gasteiger partial charge in [0.2, 0.25) is 0 Å². The van der Waals surface area contributed by atoms with Crippen molar-refractivity contribution in [3.8, 4) is 0 Å². The first kappa shape index (κ1) is 12.7. The molecular weight excluding hydrogens is 180 g/mol. The second kappa shape index (κ2) is 8.26. The van der Waals surface area contributed by atoms with E-state index in [1.54, 1.807) is 19.3 Å². The van der Waals surface area contributed by atoms with E-state index in [0.717, 1.165) is 12.5 Å². The zero-order valence-corrected chi connectivity index (χ0v) is 8.51. The van der Waals surface area contributed by atoms with Crippen LogP contribution in [0.3, 0.4) is 0 Å². The molecule has 0 amide bonds. The summed E-state index contributed by atoms with van der Waals surface area (Å²) in [5.41, 5.74) is 0. The lowest BCUT2D eigenvalue weighted by Crippen LogP contribution is -2.01. The minimum absolute atomic E-state index is 0.217. The molecule has 14 heavy (non-hydrogen) atoms. The first-order valence-electron chi connectivity index (χ1n) is 4.42. The molecule has 0 aromatic heterocycles. The van der Waals surface area contributed by atoms with Gasteiger partial charge in [-0.05, 0) is 13.3 Å².